The zero-order chi connectivity index (χ0) is 13.5. The molecule has 8 heteroatoms. The van der Waals surface area contributed by atoms with Gasteiger partial charge in [-0.25, -0.2) is 0 Å². The molecule has 0 heterocycles. The van der Waals surface area contributed by atoms with E-state index in [2.05, 4.69) is 5.32 Å². The van der Waals surface area contributed by atoms with E-state index in [0.717, 1.165) is 6.07 Å². The van der Waals surface area contributed by atoms with E-state index in [1.54, 1.807) is 0 Å². The number of rotatable bonds is 7. The lowest BCUT2D eigenvalue weighted by Crippen LogP contribution is -2.05. The summed E-state index contributed by atoms with van der Waals surface area (Å²) >= 11 is 0. The predicted octanol–water partition coefficient (Wildman–Crippen LogP) is 1.69. The average molecular weight is 255 g/mol. The highest BCUT2D eigenvalue weighted by Gasteiger charge is 2.18. The minimum Gasteiger partial charge on any atom is -0.396 e. The fourth-order valence-corrected chi connectivity index (χ4v) is 1.39. The zero-order valence-corrected chi connectivity index (χ0v) is 9.54. The van der Waals surface area contributed by atoms with Gasteiger partial charge in [-0.2, -0.15) is 0 Å². The smallest absolute Gasteiger partial charge is 0.299 e. The largest absolute Gasteiger partial charge is 0.396 e. The highest BCUT2D eigenvalue weighted by atomic mass is 16.6. The molecule has 18 heavy (non-hydrogen) atoms. The van der Waals surface area contributed by atoms with Gasteiger partial charge in [0.25, 0.3) is 11.4 Å². The van der Waals surface area contributed by atoms with Crippen molar-refractivity contribution in [2.45, 2.75) is 12.8 Å². The summed E-state index contributed by atoms with van der Waals surface area (Å²) in [6, 6.07) is 3.45. The van der Waals surface area contributed by atoms with Crippen LogP contribution in [0.2, 0.25) is 0 Å². The first-order valence-electron chi connectivity index (χ1n) is 5.34. The Hall–Kier alpha value is -2.22. The van der Waals surface area contributed by atoms with Crippen LogP contribution in [-0.4, -0.2) is 28.1 Å². The first-order chi connectivity index (χ1) is 8.56. The molecule has 1 rings (SSSR count). The SMILES string of the molecule is O=[N+]([O-])c1ccc(NCCCCO)c([N+](=O)[O-])c1. The molecule has 2 N–H and O–H groups in total. The summed E-state index contributed by atoms with van der Waals surface area (Å²) in [4.78, 5) is 20.0. The van der Waals surface area contributed by atoms with Gasteiger partial charge in [0.2, 0.25) is 0 Å². The Morgan fingerprint density at radius 3 is 2.44 bits per heavy atom. The van der Waals surface area contributed by atoms with Gasteiger partial charge >= 0.3 is 0 Å². The van der Waals surface area contributed by atoms with Crippen molar-refractivity contribution in [2.24, 2.45) is 0 Å². The molecule has 0 aliphatic heterocycles. The van der Waals surface area contributed by atoms with Crippen molar-refractivity contribution in [3.05, 3.63) is 38.4 Å². The number of benzene rings is 1. The van der Waals surface area contributed by atoms with Crippen molar-refractivity contribution < 1.29 is 15.0 Å². The molecule has 0 radical (unpaired) electrons. The lowest BCUT2D eigenvalue weighted by molar-refractivity contribution is -0.393. The number of nitrogens with one attached hydrogen (secondary N) is 1. The normalized spacial score (nSPS) is 10.1. The molecule has 0 atom stereocenters. The second-order valence-electron chi connectivity index (χ2n) is 3.57. The van der Waals surface area contributed by atoms with E-state index in [4.69, 9.17) is 5.11 Å². The topological polar surface area (TPSA) is 119 Å². The lowest BCUT2D eigenvalue weighted by Gasteiger charge is -2.06. The number of anilines is 1. The van der Waals surface area contributed by atoms with Gasteiger partial charge < -0.3 is 10.4 Å². The van der Waals surface area contributed by atoms with Crippen molar-refractivity contribution in [2.75, 3.05) is 18.5 Å². The van der Waals surface area contributed by atoms with Crippen LogP contribution in [0, 0.1) is 20.2 Å². The summed E-state index contributed by atoms with van der Waals surface area (Å²) in [6.45, 7) is 0.517. The third-order valence-electron chi connectivity index (χ3n) is 2.29. The van der Waals surface area contributed by atoms with Gasteiger partial charge in [0.15, 0.2) is 0 Å². The van der Waals surface area contributed by atoms with E-state index < -0.39 is 9.85 Å². The standard InChI is InChI=1S/C10H13N3O5/c14-6-2-1-5-11-9-4-3-8(12(15)16)7-10(9)13(17)18/h3-4,7,11,14H,1-2,5-6H2. The monoisotopic (exact) mass is 255 g/mol. The second-order valence-corrected chi connectivity index (χ2v) is 3.57. The van der Waals surface area contributed by atoms with E-state index in [1.807, 2.05) is 0 Å². The molecule has 0 aliphatic carbocycles. The van der Waals surface area contributed by atoms with Crippen molar-refractivity contribution in [3.8, 4) is 0 Å². The Morgan fingerprint density at radius 1 is 1.17 bits per heavy atom. The summed E-state index contributed by atoms with van der Waals surface area (Å²) < 4.78 is 0. The highest BCUT2D eigenvalue weighted by molar-refractivity contribution is 5.65. The van der Waals surface area contributed by atoms with Crippen LogP contribution in [-0.2, 0) is 0 Å². The Bertz CT molecular complexity index is 449. The van der Waals surface area contributed by atoms with Crippen LogP contribution in [0.15, 0.2) is 18.2 Å². The molecule has 0 amide bonds. The fraction of sp³-hybridized carbons (Fsp3) is 0.400. The average Bonchev–Trinajstić information content (AvgIpc) is 2.34. The molecule has 1 aromatic rings. The van der Waals surface area contributed by atoms with Crippen molar-refractivity contribution >= 4 is 17.1 Å². The summed E-state index contributed by atoms with van der Waals surface area (Å²) in [5, 5.41) is 32.7. The number of hydrogen-bond acceptors (Lipinski definition) is 6. The predicted molar refractivity (Wildman–Crippen MR) is 64.6 cm³/mol. The molecule has 0 spiro atoms. The quantitative estimate of drug-likeness (QED) is 0.434. The molecule has 0 saturated carbocycles. The van der Waals surface area contributed by atoms with E-state index >= 15 is 0 Å². The zero-order valence-electron chi connectivity index (χ0n) is 9.54. The van der Waals surface area contributed by atoms with Gasteiger partial charge in [0, 0.05) is 19.2 Å². The fourth-order valence-electron chi connectivity index (χ4n) is 1.39. The summed E-state index contributed by atoms with van der Waals surface area (Å²) in [5.41, 5.74) is -0.403. The van der Waals surface area contributed by atoms with E-state index in [9.17, 15) is 20.2 Å². The molecule has 98 valence electrons. The van der Waals surface area contributed by atoms with Gasteiger partial charge in [-0.1, -0.05) is 0 Å². The number of hydrogen-bond donors (Lipinski definition) is 2. The molecule has 0 saturated heterocycles. The van der Waals surface area contributed by atoms with E-state index in [-0.39, 0.29) is 23.7 Å². The molecule has 8 nitrogen and oxygen atoms in total. The highest BCUT2D eigenvalue weighted by Crippen LogP contribution is 2.28. The Kier molecular flexibility index (Phi) is 5.00. The van der Waals surface area contributed by atoms with Gasteiger partial charge in [0.1, 0.15) is 5.69 Å². The van der Waals surface area contributed by atoms with Crippen LogP contribution >= 0.6 is 0 Å². The molecular weight excluding hydrogens is 242 g/mol. The maximum absolute atomic E-state index is 10.8. The van der Waals surface area contributed by atoms with Crippen LogP contribution in [0.25, 0.3) is 0 Å². The van der Waals surface area contributed by atoms with Crippen LogP contribution in [0.3, 0.4) is 0 Å². The minimum absolute atomic E-state index is 0.0596. The van der Waals surface area contributed by atoms with Gasteiger partial charge in [0.05, 0.1) is 15.9 Å². The summed E-state index contributed by atoms with van der Waals surface area (Å²) in [6.07, 6.45) is 1.25. The Morgan fingerprint density at radius 2 is 1.89 bits per heavy atom. The number of nitro benzene ring substituents is 2. The van der Waals surface area contributed by atoms with Crippen molar-refractivity contribution in [1.29, 1.82) is 0 Å². The number of nitro groups is 2. The molecule has 0 fully saturated rings. The molecule has 0 unspecified atom stereocenters. The van der Waals surface area contributed by atoms with Gasteiger partial charge in [-0.3, -0.25) is 20.2 Å². The second kappa shape index (κ2) is 6.50. The van der Waals surface area contributed by atoms with E-state index in [0.29, 0.717) is 19.4 Å². The van der Waals surface area contributed by atoms with Crippen LogP contribution < -0.4 is 5.32 Å². The Balaban J connectivity index is 2.83. The number of nitrogens with zero attached hydrogens (tertiary/aromatic N) is 2. The maximum Gasteiger partial charge on any atom is 0.299 e. The van der Waals surface area contributed by atoms with Gasteiger partial charge in [-0.15, -0.1) is 0 Å². The first-order valence-corrected chi connectivity index (χ1v) is 5.34. The lowest BCUT2D eigenvalue weighted by atomic mass is 10.2. The summed E-state index contributed by atoms with van der Waals surface area (Å²) in [7, 11) is 0. The minimum atomic E-state index is -0.678. The third kappa shape index (κ3) is 3.67. The van der Waals surface area contributed by atoms with Crippen LogP contribution in [0.5, 0.6) is 0 Å². The molecule has 0 aliphatic rings. The van der Waals surface area contributed by atoms with Crippen LogP contribution in [0.4, 0.5) is 17.1 Å². The van der Waals surface area contributed by atoms with E-state index in [1.165, 1.54) is 12.1 Å². The first kappa shape index (κ1) is 13.8. The van der Waals surface area contributed by atoms with Crippen molar-refractivity contribution in [1.82, 2.24) is 0 Å². The van der Waals surface area contributed by atoms with Gasteiger partial charge in [-0.05, 0) is 18.9 Å². The molecule has 0 aromatic heterocycles. The number of unbranched alkanes of at least 4 members (excludes halogenated alkanes) is 1. The number of aliphatic hydroxyl groups is 1. The molecule has 0 bridgehead atoms. The number of aliphatic hydroxyl groups excluding tert-OH is 1. The van der Waals surface area contributed by atoms with Crippen molar-refractivity contribution in [3.63, 3.8) is 0 Å². The molecule has 1 aromatic carbocycles. The van der Waals surface area contributed by atoms with Crippen LogP contribution in [0.1, 0.15) is 12.8 Å². The summed E-state index contributed by atoms with van der Waals surface area (Å²) in [5.74, 6) is 0. The number of non-ortho nitro benzene ring substituents is 1. The third-order valence-corrected chi connectivity index (χ3v) is 2.29. The Labute approximate surface area is 103 Å². The molecular formula is C10H13N3O5. The maximum atomic E-state index is 10.8.